The fraction of sp³-hybridized carbons (Fsp3) is 0.619. The highest BCUT2D eigenvalue weighted by Crippen LogP contribution is 2.36. The van der Waals surface area contributed by atoms with Gasteiger partial charge in [-0.15, -0.1) is 0 Å². The van der Waals surface area contributed by atoms with Gasteiger partial charge in [-0.2, -0.15) is 9.41 Å². The molecule has 2 atom stereocenters. The number of nitrogens with one attached hydrogen (secondary N) is 1. The summed E-state index contributed by atoms with van der Waals surface area (Å²) in [7, 11) is -3.53. The van der Waals surface area contributed by atoms with Crippen molar-refractivity contribution in [1.82, 2.24) is 9.73 Å². The normalized spacial score (nSPS) is 26.8. The summed E-state index contributed by atoms with van der Waals surface area (Å²) in [4.78, 5) is 12.6. The van der Waals surface area contributed by atoms with Crippen LogP contribution in [0.3, 0.4) is 0 Å². The SMILES string of the molecule is Cc1ccc(C2=NNC(=O)[C@@H]3CCCC[C@@H]23)cc1S(=O)(=O)N1CCCCCC1. The number of carbonyl (C=O) groups excluding carboxylic acids is 1. The van der Waals surface area contributed by atoms with E-state index in [1.54, 1.807) is 10.4 Å². The highest BCUT2D eigenvalue weighted by Gasteiger charge is 2.38. The Morgan fingerprint density at radius 1 is 1.00 bits per heavy atom. The molecule has 1 saturated carbocycles. The van der Waals surface area contributed by atoms with Crippen molar-refractivity contribution in [3.05, 3.63) is 29.3 Å². The number of fused-ring (bicyclic) bond motifs is 1. The van der Waals surface area contributed by atoms with E-state index in [1.165, 1.54) is 0 Å². The summed E-state index contributed by atoms with van der Waals surface area (Å²) < 4.78 is 28.3. The number of benzene rings is 1. The summed E-state index contributed by atoms with van der Waals surface area (Å²) in [6, 6.07) is 5.59. The Kier molecular flexibility index (Phi) is 5.56. The number of nitrogens with zero attached hydrogens (tertiary/aromatic N) is 2. The standard InChI is InChI=1S/C21H29N3O3S/c1-15-10-11-16(20-17-8-4-5-9-18(17)21(25)23-22-20)14-19(15)28(26,27)24-12-6-2-3-7-13-24/h10-11,14,17-18H,2-9,12-13H2,1H3,(H,23,25)/t17-,18-/m1/s1. The van der Waals surface area contributed by atoms with Gasteiger partial charge in [0, 0.05) is 24.9 Å². The van der Waals surface area contributed by atoms with Gasteiger partial charge in [0.1, 0.15) is 0 Å². The quantitative estimate of drug-likeness (QED) is 0.842. The first-order chi connectivity index (χ1) is 13.5. The first-order valence-corrected chi connectivity index (χ1v) is 11.9. The minimum Gasteiger partial charge on any atom is -0.273 e. The third-order valence-corrected chi connectivity index (χ3v) is 8.45. The lowest BCUT2D eigenvalue weighted by Gasteiger charge is -2.34. The molecule has 3 aliphatic rings. The molecular formula is C21H29N3O3S. The fourth-order valence-electron chi connectivity index (χ4n) is 4.79. The lowest BCUT2D eigenvalue weighted by Crippen LogP contribution is -2.43. The number of hydrazone groups is 1. The summed E-state index contributed by atoms with van der Waals surface area (Å²) >= 11 is 0. The lowest BCUT2D eigenvalue weighted by molar-refractivity contribution is -0.127. The Labute approximate surface area is 167 Å². The molecule has 28 heavy (non-hydrogen) atoms. The van der Waals surface area contributed by atoms with E-state index in [2.05, 4.69) is 10.5 Å². The van der Waals surface area contributed by atoms with Crippen LogP contribution in [0.2, 0.25) is 0 Å². The van der Waals surface area contributed by atoms with Gasteiger partial charge in [-0.1, -0.05) is 37.8 Å². The number of amides is 1. The van der Waals surface area contributed by atoms with Gasteiger partial charge in [-0.3, -0.25) is 4.79 Å². The van der Waals surface area contributed by atoms with Gasteiger partial charge in [0.05, 0.1) is 10.6 Å². The molecule has 1 aromatic carbocycles. The molecule has 0 bridgehead atoms. The number of sulfonamides is 1. The molecule has 1 amide bonds. The second-order valence-corrected chi connectivity index (χ2v) is 10.2. The largest absolute Gasteiger partial charge is 0.273 e. The molecule has 2 fully saturated rings. The molecule has 1 saturated heterocycles. The van der Waals surface area contributed by atoms with Crippen molar-refractivity contribution in [2.45, 2.75) is 63.2 Å². The molecule has 2 heterocycles. The van der Waals surface area contributed by atoms with Gasteiger partial charge < -0.3 is 0 Å². The third kappa shape index (κ3) is 3.62. The molecule has 0 unspecified atom stereocenters. The summed E-state index contributed by atoms with van der Waals surface area (Å²) in [6.45, 7) is 3.03. The van der Waals surface area contributed by atoms with Crippen LogP contribution < -0.4 is 5.43 Å². The summed E-state index contributed by atoms with van der Waals surface area (Å²) in [5, 5.41) is 4.35. The fourth-order valence-corrected chi connectivity index (χ4v) is 6.56. The Bertz CT molecular complexity index is 886. The summed E-state index contributed by atoms with van der Waals surface area (Å²) in [5.41, 5.74) is 5.07. The molecule has 1 N–H and O–H groups in total. The van der Waals surface area contributed by atoms with E-state index in [0.717, 1.165) is 68.2 Å². The van der Waals surface area contributed by atoms with Gasteiger partial charge in [0.15, 0.2) is 0 Å². The molecule has 152 valence electrons. The first kappa shape index (κ1) is 19.6. The highest BCUT2D eigenvalue weighted by molar-refractivity contribution is 7.89. The molecule has 1 aromatic rings. The van der Waals surface area contributed by atoms with Crippen molar-refractivity contribution >= 4 is 21.6 Å². The summed E-state index contributed by atoms with van der Waals surface area (Å²) in [6.07, 6.45) is 7.96. The van der Waals surface area contributed by atoms with Crippen LogP contribution in [0.25, 0.3) is 0 Å². The number of hydrogen-bond acceptors (Lipinski definition) is 4. The van der Waals surface area contributed by atoms with Crippen LogP contribution in [0, 0.1) is 18.8 Å². The molecule has 7 heteroatoms. The minimum atomic E-state index is -3.53. The van der Waals surface area contributed by atoms with Crippen molar-refractivity contribution in [2.24, 2.45) is 16.9 Å². The molecule has 4 rings (SSSR count). The Balaban J connectivity index is 1.70. The van der Waals surface area contributed by atoms with Crippen LogP contribution >= 0.6 is 0 Å². The van der Waals surface area contributed by atoms with Gasteiger partial charge in [-0.05, 0) is 49.8 Å². The predicted molar refractivity (Wildman–Crippen MR) is 109 cm³/mol. The van der Waals surface area contributed by atoms with Crippen molar-refractivity contribution in [2.75, 3.05) is 13.1 Å². The monoisotopic (exact) mass is 403 g/mol. The topological polar surface area (TPSA) is 78.8 Å². The van der Waals surface area contributed by atoms with Crippen LogP contribution in [-0.2, 0) is 14.8 Å². The smallest absolute Gasteiger partial charge is 0.243 e. The lowest BCUT2D eigenvalue weighted by atomic mass is 9.74. The van der Waals surface area contributed by atoms with E-state index in [0.29, 0.717) is 18.0 Å². The maximum Gasteiger partial charge on any atom is 0.243 e. The van der Waals surface area contributed by atoms with E-state index in [4.69, 9.17) is 0 Å². The maximum atomic E-state index is 13.3. The Morgan fingerprint density at radius 3 is 2.39 bits per heavy atom. The zero-order valence-corrected chi connectivity index (χ0v) is 17.3. The van der Waals surface area contributed by atoms with Crippen molar-refractivity contribution < 1.29 is 13.2 Å². The second-order valence-electron chi connectivity index (χ2n) is 8.27. The zero-order chi connectivity index (χ0) is 19.7. The van der Waals surface area contributed by atoms with Crippen molar-refractivity contribution in [3.8, 4) is 0 Å². The van der Waals surface area contributed by atoms with Gasteiger partial charge in [0.2, 0.25) is 15.9 Å². The molecule has 0 radical (unpaired) electrons. The third-order valence-electron chi connectivity index (χ3n) is 6.41. The minimum absolute atomic E-state index is 0.00188. The van der Waals surface area contributed by atoms with Crippen LogP contribution in [0.1, 0.15) is 62.5 Å². The first-order valence-electron chi connectivity index (χ1n) is 10.5. The Morgan fingerprint density at radius 2 is 1.68 bits per heavy atom. The number of rotatable bonds is 3. The molecule has 0 aromatic heterocycles. The van der Waals surface area contributed by atoms with Gasteiger partial charge >= 0.3 is 0 Å². The van der Waals surface area contributed by atoms with E-state index in [1.807, 2.05) is 19.1 Å². The van der Waals surface area contributed by atoms with Gasteiger partial charge in [-0.25, -0.2) is 13.8 Å². The van der Waals surface area contributed by atoms with E-state index >= 15 is 0 Å². The zero-order valence-electron chi connectivity index (χ0n) is 16.5. The van der Waals surface area contributed by atoms with Gasteiger partial charge in [0.25, 0.3) is 0 Å². The second kappa shape index (κ2) is 7.95. The molecule has 0 spiro atoms. The molecule has 1 aliphatic carbocycles. The maximum absolute atomic E-state index is 13.3. The van der Waals surface area contributed by atoms with Crippen LogP contribution in [-0.4, -0.2) is 37.4 Å². The Hall–Kier alpha value is -1.73. The number of carbonyl (C=O) groups is 1. The van der Waals surface area contributed by atoms with Crippen molar-refractivity contribution in [3.63, 3.8) is 0 Å². The number of hydrogen-bond donors (Lipinski definition) is 1. The van der Waals surface area contributed by atoms with Crippen molar-refractivity contribution in [1.29, 1.82) is 0 Å². The van der Waals surface area contributed by atoms with E-state index in [-0.39, 0.29) is 17.7 Å². The van der Waals surface area contributed by atoms with E-state index in [9.17, 15) is 13.2 Å². The molecule has 6 nitrogen and oxygen atoms in total. The molecule has 2 aliphatic heterocycles. The molecular weight excluding hydrogens is 374 g/mol. The van der Waals surface area contributed by atoms with Crippen LogP contribution in [0.4, 0.5) is 0 Å². The van der Waals surface area contributed by atoms with Crippen LogP contribution in [0.15, 0.2) is 28.2 Å². The van der Waals surface area contributed by atoms with Crippen LogP contribution in [0.5, 0.6) is 0 Å². The van der Waals surface area contributed by atoms with E-state index < -0.39 is 10.0 Å². The average molecular weight is 404 g/mol. The highest BCUT2D eigenvalue weighted by atomic mass is 32.2. The average Bonchev–Trinajstić information content (AvgIpc) is 2.99. The summed E-state index contributed by atoms with van der Waals surface area (Å²) in [5.74, 6) is 0.0325. The predicted octanol–water partition coefficient (Wildman–Crippen LogP) is 3.20. The number of aryl methyl sites for hydroxylation is 1.